The average molecular weight is 507 g/mol. The van der Waals surface area contributed by atoms with Crippen molar-refractivity contribution >= 4 is 23.7 Å². The van der Waals surface area contributed by atoms with Gasteiger partial charge >= 0.3 is 17.9 Å². The molecular weight excluding hydrogens is 464 g/mol. The molecule has 202 valence electrons. The number of ether oxygens (including phenoxy) is 3. The lowest BCUT2D eigenvalue weighted by atomic mass is 9.61. The number of rotatable bonds is 9. The van der Waals surface area contributed by atoms with Crippen LogP contribution < -0.4 is 0 Å². The van der Waals surface area contributed by atoms with Crippen molar-refractivity contribution in [3.05, 3.63) is 23.8 Å². The molecule has 2 aliphatic rings. The van der Waals surface area contributed by atoms with E-state index in [4.69, 9.17) is 14.2 Å². The Balaban J connectivity index is 2.56. The number of aliphatic hydroxyl groups is 1. The molecular formula is C28H42O8. The normalized spacial score (nSPS) is 30.9. The third-order valence-corrected chi connectivity index (χ3v) is 7.79. The Hall–Kier alpha value is -2.48. The second-order valence-corrected chi connectivity index (χ2v) is 10.7. The Bertz CT molecular complexity index is 901. The van der Waals surface area contributed by atoms with Crippen molar-refractivity contribution in [2.45, 2.75) is 92.6 Å². The van der Waals surface area contributed by atoms with Gasteiger partial charge in [-0.15, -0.1) is 0 Å². The molecule has 1 N–H and O–H groups in total. The molecule has 2 rings (SSSR count). The maximum atomic E-state index is 13.3. The highest BCUT2D eigenvalue weighted by Gasteiger charge is 2.60. The van der Waals surface area contributed by atoms with Gasteiger partial charge in [0.05, 0.1) is 12.0 Å². The molecule has 8 nitrogen and oxygen atoms in total. The van der Waals surface area contributed by atoms with E-state index in [2.05, 4.69) is 6.58 Å². The standard InChI is InChI=1S/C28H42O8/c1-10-14(4)28(33)36-27-23(13(2)3)25-20(18(8)34-19(9)30)12-21(31)24(25)16(6)26(27)35-22(32)11-15(5)17(7)29/h11,13-14,17-18,20,23-27,29H,6,10,12H2,1-5,7-9H3/b15-11+/t14?,17?,18-,20-,23+,24-,25+,26+,27-/m1/s1. The monoisotopic (exact) mass is 506 g/mol. The number of aliphatic hydroxyl groups excluding tert-OH is 1. The smallest absolute Gasteiger partial charge is 0.331 e. The van der Waals surface area contributed by atoms with Crippen LogP contribution in [0.15, 0.2) is 23.8 Å². The van der Waals surface area contributed by atoms with Crippen LogP contribution in [0.2, 0.25) is 0 Å². The van der Waals surface area contributed by atoms with Crippen molar-refractivity contribution in [1.82, 2.24) is 0 Å². The van der Waals surface area contributed by atoms with Crippen molar-refractivity contribution in [2.75, 3.05) is 0 Å². The molecule has 0 aromatic heterocycles. The minimum absolute atomic E-state index is 0.0470. The van der Waals surface area contributed by atoms with E-state index in [-0.39, 0.29) is 41.8 Å². The van der Waals surface area contributed by atoms with E-state index in [1.54, 1.807) is 20.8 Å². The van der Waals surface area contributed by atoms with Gasteiger partial charge in [0.2, 0.25) is 0 Å². The lowest BCUT2D eigenvalue weighted by Gasteiger charge is -2.48. The van der Waals surface area contributed by atoms with Gasteiger partial charge in [-0.1, -0.05) is 34.3 Å². The molecule has 0 radical (unpaired) electrons. The van der Waals surface area contributed by atoms with Gasteiger partial charge in [0, 0.05) is 37.2 Å². The summed E-state index contributed by atoms with van der Waals surface area (Å²) < 4.78 is 17.3. The van der Waals surface area contributed by atoms with Crippen molar-refractivity contribution in [2.24, 2.45) is 35.5 Å². The number of carbonyl (C=O) groups is 4. The van der Waals surface area contributed by atoms with Gasteiger partial charge in [0.15, 0.2) is 6.10 Å². The van der Waals surface area contributed by atoms with Crippen LogP contribution in [-0.4, -0.2) is 53.2 Å². The van der Waals surface area contributed by atoms with Crippen molar-refractivity contribution in [3.63, 3.8) is 0 Å². The Morgan fingerprint density at radius 3 is 2.22 bits per heavy atom. The van der Waals surface area contributed by atoms with Crippen LogP contribution in [0.1, 0.15) is 68.2 Å². The van der Waals surface area contributed by atoms with E-state index < -0.39 is 48.2 Å². The first-order valence-electron chi connectivity index (χ1n) is 12.9. The molecule has 8 heteroatoms. The fourth-order valence-electron chi connectivity index (χ4n) is 5.55. The van der Waals surface area contributed by atoms with Gasteiger partial charge in [-0.05, 0) is 50.2 Å². The molecule has 0 bridgehead atoms. The zero-order chi connectivity index (χ0) is 27.5. The number of carbonyl (C=O) groups excluding carboxylic acids is 4. The molecule has 2 aliphatic carbocycles. The first-order chi connectivity index (χ1) is 16.7. The van der Waals surface area contributed by atoms with Crippen LogP contribution >= 0.6 is 0 Å². The Morgan fingerprint density at radius 2 is 1.72 bits per heavy atom. The van der Waals surface area contributed by atoms with Crippen molar-refractivity contribution in [1.29, 1.82) is 0 Å². The summed E-state index contributed by atoms with van der Waals surface area (Å²) in [5.41, 5.74) is 0.804. The fourth-order valence-corrected chi connectivity index (χ4v) is 5.55. The van der Waals surface area contributed by atoms with Crippen molar-refractivity contribution in [3.8, 4) is 0 Å². The van der Waals surface area contributed by atoms with Gasteiger partial charge in [-0.3, -0.25) is 14.4 Å². The molecule has 2 fully saturated rings. The minimum atomic E-state index is -1.02. The van der Waals surface area contributed by atoms with Crippen LogP contribution in [0.4, 0.5) is 0 Å². The van der Waals surface area contributed by atoms with E-state index in [1.807, 2.05) is 20.8 Å². The van der Waals surface area contributed by atoms with Crippen LogP contribution in [0.3, 0.4) is 0 Å². The molecule has 9 atom stereocenters. The van der Waals surface area contributed by atoms with E-state index in [1.165, 1.54) is 19.9 Å². The lowest BCUT2D eigenvalue weighted by Crippen LogP contribution is -2.55. The predicted octanol–water partition coefficient (Wildman–Crippen LogP) is 3.80. The Labute approximate surface area is 214 Å². The zero-order valence-electron chi connectivity index (χ0n) is 22.8. The predicted molar refractivity (Wildman–Crippen MR) is 133 cm³/mol. The molecule has 0 heterocycles. The van der Waals surface area contributed by atoms with Gasteiger partial charge in [0.25, 0.3) is 0 Å². The summed E-state index contributed by atoms with van der Waals surface area (Å²) in [5.74, 6) is -3.54. The highest BCUT2D eigenvalue weighted by molar-refractivity contribution is 5.88. The number of fused-ring (bicyclic) bond motifs is 1. The molecule has 0 saturated heterocycles. The fraction of sp³-hybridized carbons (Fsp3) is 0.714. The first-order valence-corrected chi connectivity index (χ1v) is 12.9. The molecule has 0 aromatic carbocycles. The molecule has 0 spiro atoms. The molecule has 0 aromatic rings. The third-order valence-electron chi connectivity index (χ3n) is 7.79. The lowest BCUT2D eigenvalue weighted by molar-refractivity contribution is -0.182. The number of esters is 3. The second-order valence-electron chi connectivity index (χ2n) is 10.7. The van der Waals surface area contributed by atoms with Gasteiger partial charge in [-0.25, -0.2) is 4.79 Å². The van der Waals surface area contributed by atoms with Gasteiger partial charge in [-0.2, -0.15) is 0 Å². The van der Waals surface area contributed by atoms with Crippen molar-refractivity contribution < 1.29 is 38.5 Å². The number of hydrogen-bond donors (Lipinski definition) is 1. The van der Waals surface area contributed by atoms with Crippen LogP contribution in [0.5, 0.6) is 0 Å². The van der Waals surface area contributed by atoms with E-state index in [0.717, 1.165) is 0 Å². The summed E-state index contributed by atoms with van der Waals surface area (Å²) in [6, 6.07) is 0. The second kappa shape index (κ2) is 12.2. The molecule has 0 amide bonds. The highest BCUT2D eigenvalue weighted by Crippen LogP contribution is 2.54. The minimum Gasteiger partial charge on any atom is -0.463 e. The number of ketones is 1. The summed E-state index contributed by atoms with van der Waals surface area (Å²) >= 11 is 0. The molecule has 36 heavy (non-hydrogen) atoms. The number of Topliss-reactive ketones (excluding diaryl/α,β-unsaturated/α-hetero) is 1. The summed E-state index contributed by atoms with van der Waals surface area (Å²) in [7, 11) is 0. The van der Waals surface area contributed by atoms with E-state index >= 15 is 0 Å². The Kier molecular flexibility index (Phi) is 10.1. The average Bonchev–Trinajstić information content (AvgIpc) is 3.11. The number of hydrogen-bond acceptors (Lipinski definition) is 8. The molecule has 2 unspecified atom stereocenters. The topological polar surface area (TPSA) is 116 Å². The SMILES string of the molecule is C=C1[C@@H]2C(=O)C[C@H]([C@@H](C)OC(C)=O)[C@H]2[C@H](C(C)C)[C@@H](OC(=O)C(C)CC)[C@H]1OC(=O)/C=C(\C)C(C)O. The summed E-state index contributed by atoms with van der Waals surface area (Å²) in [4.78, 5) is 50.7. The zero-order valence-corrected chi connectivity index (χ0v) is 22.8. The molecule has 2 saturated carbocycles. The third kappa shape index (κ3) is 6.44. The van der Waals surface area contributed by atoms with Crippen LogP contribution in [0.25, 0.3) is 0 Å². The van der Waals surface area contributed by atoms with E-state index in [9.17, 15) is 24.3 Å². The van der Waals surface area contributed by atoms with Crippen LogP contribution in [0, 0.1) is 35.5 Å². The van der Waals surface area contributed by atoms with Gasteiger partial charge in [0.1, 0.15) is 18.0 Å². The summed E-state index contributed by atoms with van der Waals surface area (Å²) in [6.45, 7) is 18.0. The maximum Gasteiger partial charge on any atom is 0.331 e. The largest absolute Gasteiger partial charge is 0.463 e. The van der Waals surface area contributed by atoms with Crippen LogP contribution in [-0.2, 0) is 33.4 Å². The summed E-state index contributed by atoms with van der Waals surface area (Å²) in [6.07, 6.45) is -1.26. The maximum absolute atomic E-state index is 13.3. The van der Waals surface area contributed by atoms with E-state index in [0.29, 0.717) is 17.6 Å². The quantitative estimate of drug-likeness (QED) is 0.217. The molecule has 0 aliphatic heterocycles. The highest BCUT2D eigenvalue weighted by atomic mass is 16.6. The first kappa shape index (κ1) is 29.7. The van der Waals surface area contributed by atoms with Gasteiger partial charge < -0.3 is 19.3 Å². The summed E-state index contributed by atoms with van der Waals surface area (Å²) in [5, 5.41) is 9.76. The Morgan fingerprint density at radius 1 is 1.11 bits per heavy atom.